The number of benzene rings is 1. The molecular weight excluding hydrogens is 817 g/mol. The minimum absolute atomic E-state index is 0.175. The van der Waals surface area contributed by atoms with Crippen molar-refractivity contribution < 1.29 is 36.9 Å². The van der Waals surface area contributed by atoms with Crippen molar-refractivity contribution >= 4 is 67.3 Å². The predicted octanol–water partition coefficient (Wildman–Crippen LogP) is 3.42. The van der Waals surface area contributed by atoms with E-state index in [1.807, 2.05) is 19.2 Å². The molecule has 0 spiro atoms. The van der Waals surface area contributed by atoms with Crippen LogP contribution in [0.5, 0.6) is 0 Å². The van der Waals surface area contributed by atoms with Crippen molar-refractivity contribution in [1.82, 2.24) is 19.5 Å². The highest BCUT2D eigenvalue weighted by Gasteiger charge is 2.34. The fourth-order valence-corrected chi connectivity index (χ4v) is 7.30. The van der Waals surface area contributed by atoms with E-state index in [1.54, 1.807) is 15.5 Å². The lowest BCUT2D eigenvalue weighted by molar-refractivity contribution is -0.0199. The Labute approximate surface area is 317 Å². The van der Waals surface area contributed by atoms with Crippen LogP contribution in [-0.4, -0.2) is 129 Å². The van der Waals surface area contributed by atoms with Gasteiger partial charge in [0.05, 0.1) is 98.9 Å². The van der Waals surface area contributed by atoms with E-state index in [0.29, 0.717) is 99.9 Å². The Morgan fingerprint density at radius 2 is 1.71 bits per heavy atom. The number of nitrogens with zero attached hydrogens (tertiary/aromatic N) is 5. The molecule has 15 nitrogen and oxygen atoms in total. The second-order valence-corrected chi connectivity index (χ2v) is 15.3. The van der Waals surface area contributed by atoms with Crippen molar-refractivity contribution in [3.63, 3.8) is 0 Å². The predicted molar refractivity (Wildman–Crippen MR) is 202 cm³/mol. The van der Waals surface area contributed by atoms with Crippen LogP contribution in [0.3, 0.4) is 0 Å². The van der Waals surface area contributed by atoms with Crippen molar-refractivity contribution in [3.8, 4) is 0 Å². The smallest absolute Gasteiger partial charge is 0.256 e. The van der Waals surface area contributed by atoms with Gasteiger partial charge < -0.3 is 39.2 Å². The topological polar surface area (TPSA) is 172 Å². The lowest BCUT2D eigenvalue weighted by Crippen LogP contribution is -2.39. The first kappa shape index (κ1) is 39.8. The number of piperidine rings is 1. The average molecular weight is 864 g/mol. The van der Waals surface area contributed by atoms with Crippen LogP contribution in [0.15, 0.2) is 30.5 Å². The molecule has 0 aliphatic carbocycles. The molecule has 1 amide bonds. The Bertz CT molecular complexity index is 1720. The molecule has 2 aliphatic rings. The van der Waals surface area contributed by atoms with Crippen molar-refractivity contribution in [3.05, 3.63) is 52.3 Å². The molecule has 0 unspecified atom stereocenters. The number of aryl methyl sites for hydroxylation is 1. The number of sulfonamides is 1. The molecule has 1 aromatic carbocycles. The summed E-state index contributed by atoms with van der Waals surface area (Å²) >= 11 is 8.40. The Balaban J connectivity index is 1.16. The third-order valence-corrected chi connectivity index (χ3v) is 9.86. The molecular formula is C33H47ClIN7O8S. The Morgan fingerprint density at radius 1 is 1.02 bits per heavy atom. The number of ether oxygens (including phenoxy) is 5. The Hall–Kier alpha value is -2.36. The number of amides is 1. The molecule has 18 heteroatoms. The number of rotatable bonds is 19. The van der Waals surface area contributed by atoms with Gasteiger partial charge in [0.25, 0.3) is 5.91 Å². The monoisotopic (exact) mass is 863 g/mol. The van der Waals surface area contributed by atoms with Crippen LogP contribution in [0.4, 0.5) is 11.5 Å². The molecule has 0 bridgehead atoms. The zero-order valence-corrected chi connectivity index (χ0v) is 32.7. The van der Waals surface area contributed by atoms with Crippen LogP contribution in [0.2, 0.25) is 5.02 Å². The molecule has 2 fully saturated rings. The molecule has 2 aliphatic heterocycles. The molecule has 3 aromatic rings. The average Bonchev–Trinajstić information content (AvgIpc) is 3.68. The number of hydrogen-bond acceptors (Lipinski definition) is 12. The number of nitrogens with one attached hydrogen (secondary N) is 1. The number of likely N-dealkylation sites (tertiary alicyclic amines) is 1. The molecule has 0 saturated carbocycles. The SMILES string of the molecule is Cc1cn2nc([C@@H]3CCCCN3C(=O)c3cc(Cl)ccc3NS(C)(=O)=O)cc2nc1N1C[C@@H](N)[C@@H](OCCOCCOCCOCCOCI)C1. The number of alkyl halides is 1. The summed E-state index contributed by atoms with van der Waals surface area (Å²) in [6, 6.07) is 5.95. The van der Waals surface area contributed by atoms with E-state index in [-0.39, 0.29) is 35.3 Å². The fourth-order valence-electron chi connectivity index (χ4n) is 6.24. The lowest BCUT2D eigenvalue weighted by Gasteiger charge is -2.35. The summed E-state index contributed by atoms with van der Waals surface area (Å²) in [5.74, 6) is 0.484. The van der Waals surface area contributed by atoms with E-state index in [0.717, 1.165) is 30.5 Å². The summed E-state index contributed by atoms with van der Waals surface area (Å²) < 4.78 is 56.8. The maximum absolute atomic E-state index is 13.9. The van der Waals surface area contributed by atoms with E-state index in [4.69, 9.17) is 51.1 Å². The number of anilines is 2. The van der Waals surface area contributed by atoms with E-state index in [1.165, 1.54) is 12.1 Å². The quantitative estimate of drug-likeness (QED) is 0.102. The number of aromatic nitrogens is 3. The van der Waals surface area contributed by atoms with E-state index < -0.39 is 10.0 Å². The number of nitrogens with two attached hydrogens (primary N) is 1. The van der Waals surface area contributed by atoms with Gasteiger partial charge in [-0.1, -0.05) is 34.2 Å². The first-order chi connectivity index (χ1) is 24.5. The molecule has 2 saturated heterocycles. The van der Waals surface area contributed by atoms with Gasteiger partial charge >= 0.3 is 0 Å². The Kier molecular flexibility index (Phi) is 14.9. The van der Waals surface area contributed by atoms with Gasteiger partial charge in [-0.3, -0.25) is 9.52 Å². The molecule has 3 N–H and O–H groups in total. The molecule has 282 valence electrons. The third-order valence-electron chi connectivity index (χ3n) is 8.60. The molecule has 2 aromatic heterocycles. The molecule has 3 atom stereocenters. The summed E-state index contributed by atoms with van der Waals surface area (Å²) in [6.45, 7) is 7.63. The molecule has 4 heterocycles. The highest BCUT2D eigenvalue weighted by atomic mass is 127. The van der Waals surface area contributed by atoms with Gasteiger partial charge in [-0.05, 0) is 44.4 Å². The minimum atomic E-state index is -3.62. The summed E-state index contributed by atoms with van der Waals surface area (Å²) in [6.07, 6.45) is 5.24. The van der Waals surface area contributed by atoms with E-state index in [2.05, 4.69) is 32.2 Å². The maximum atomic E-state index is 13.9. The van der Waals surface area contributed by atoms with Crippen molar-refractivity contribution in [2.75, 3.05) is 93.0 Å². The summed E-state index contributed by atoms with van der Waals surface area (Å²) in [4.78, 5) is 22.8. The number of halogens is 2. The third kappa shape index (κ3) is 11.3. The van der Waals surface area contributed by atoms with Gasteiger partial charge in [0.2, 0.25) is 10.0 Å². The van der Waals surface area contributed by atoms with Crippen LogP contribution < -0.4 is 15.4 Å². The Morgan fingerprint density at radius 3 is 2.39 bits per heavy atom. The normalized spacial score (nSPS) is 19.7. The number of hydrogen-bond donors (Lipinski definition) is 2. The fraction of sp³-hybridized carbons (Fsp3) is 0.606. The first-order valence-corrected chi connectivity index (χ1v) is 20.8. The second kappa shape index (κ2) is 19.1. The first-order valence-electron chi connectivity index (χ1n) is 17.0. The van der Waals surface area contributed by atoms with Gasteiger partial charge in [0.1, 0.15) is 5.82 Å². The van der Waals surface area contributed by atoms with Crippen LogP contribution >= 0.6 is 34.2 Å². The molecule has 0 radical (unpaired) electrons. The van der Waals surface area contributed by atoms with Crippen molar-refractivity contribution in [2.45, 2.75) is 44.4 Å². The molecule has 5 rings (SSSR count). The van der Waals surface area contributed by atoms with E-state index >= 15 is 0 Å². The van der Waals surface area contributed by atoms with Gasteiger partial charge in [-0.25, -0.2) is 17.9 Å². The van der Waals surface area contributed by atoms with E-state index in [9.17, 15) is 13.2 Å². The maximum Gasteiger partial charge on any atom is 0.256 e. The highest BCUT2D eigenvalue weighted by molar-refractivity contribution is 14.1. The minimum Gasteiger partial charge on any atom is -0.377 e. The molecule has 51 heavy (non-hydrogen) atoms. The summed E-state index contributed by atoms with van der Waals surface area (Å²) in [7, 11) is -3.62. The van der Waals surface area contributed by atoms with Gasteiger partial charge in [0.15, 0.2) is 5.65 Å². The zero-order valence-electron chi connectivity index (χ0n) is 29.0. The van der Waals surface area contributed by atoms with Crippen LogP contribution in [0.1, 0.15) is 46.9 Å². The van der Waals surface area contributed by atoms with Gasteiger partial charge in [0, 0.05) is 42.5 Å². The summed E-state index contributed by atoms with van der Waals surface area (Å²) in [5.41, 5.74) is 9.15. The van der Waals surface area contributed by atoms with Crippen molar-refractivity contribution in [1.29, 1.82) is 0 Å². The van der Waals surface area contributed by atoms with Crippen LogP contribution in [-0.2, 0) is 33.7 Å². The van der Waals surface area contributed by atoms with Gasteiger partial charge in [-0.2, -0.15) is 5.10 Å². The van der Waals surface area contributed by atoms with Crippen molar-refractivity contribution in [2.24, 2.45) is 5.73 Å². The highest BCUT2D eigenvalue weighted by Crippen LogP contribution is 2.34. The number of carbonyl (C=O) groups excluding carboxylic acids is 1. The summed E-state index contributed by atoms with van der Waals surface area (Å²) in [5, 5.41) is 5.18. The zero-order chi connectivity index (χ0) is 36.4. The van der Waals surface area contributed by atoms with Gasteiger partial charge in [-0.15, -0.1) is 0 Å². The second-order valence-electron chi connectivity index (χ2n) is 12.5. The van der Waals surface area contributed by atoms with Crippen LogP contribution in [0.25, 0.3) is 5.65 Å². The lowest BCUT2D eigenvalue weighted by atomic mass is 9.98. The number of carbonyl (C=O) groups is 1. The van der Waals surface area contributed by atoms with Crippen LogP contribution in [0, 0.1) is 6.92 Å². The largest absolute Gasteiger partial charge is 0.377 e. The standard InChI is InChI=1S/C33H47ClIN7O8S/c1-23-19-42-31(37-32(23)40-20-26(36)30(21-40)50-16-15-48-12-11-46-9-10-47-13-14-49-22-35)18-28(38-42)29-5-3-4-8-41(29)33(43)25-17-24(34)6-7-27(25)39-51(2,44)45/h6-7,17-19,26,29-30,39H,3-5,8-16,20-22,36H2,1-2H3/t26-,29+,30+/m1/s1. The number of fused-ring (bicyclic) bond motifs is 1.